The van der Waals surface area contributed by atoms with Gasteiger partial charge in [0.05, 0.1) is 25.0 Å². The molecule has 0 bridgehead atoms. The number of nitrogens with zero attached hydrogens (tertiary/aromatic N) is 1. The molecule has 0 aliphatic heterocycles. The largest absolute Gasteiger partial charge is 0.464 e. The quantitative estimate of drug-likeness (QED) is 0.178. The van der Waals surface area contributed by atoms with Gasteiger partial charge in [0.1, 0.15) is 13.2 Å². The van der Waals surface area contributed by atoms with Crippen LogP contribution in [0.4, 0.5) is 0 Å². The summed E-state index contributed by atoms with van der Waals surface area (Å²) >= 11 is 0. The zero-order chi connectivity index (χ0) is 27.0. The zero-order valence-electron chi connectivity index (χ0n) is 22.9. The highest BCUT2D eigenvalue weighted by Crippen LogP contribution is 2.26. The van der Waals surface area contributed by atoms with E-state index < -0.39 is 45.9 Å². The number of nitrogens with two attached hydrogens (primary N) is 4. The molecule has 0 amide bonds. The summed E-state index contributed by atoms with van der Waals surface area (Å²) < 4.78 is 16.5. The van der Waals surface area contributed by atoms with Crippen LogP contribution in [0, 0.1) is 11.8 Å². The van der Waals surface area contributed by atoms with Crippen molar-refractivity contribution in [3.05, 3.63) is 0 Å². The standard InChI is InChI=1S/C24H51N5O5/c1-21(2,25)14-17(23(5,6)27)19(30)34-13-12-32-16-24(7,28)18(15-22(3,4)26)20(31)33-11-10-29(8)9/h17-18H,10-16,25-28H2,1-9H3. The Morgan fingerprint density at radius 3 is 1.62 bits per heavy atom. The average Bonchev–Trinajstić information content (AvgIpc) is 2.60. The molecule has 0 aromatic carbocycles. The third kappa shape index (κ3) is 14.2. The lowest BCUT2D eigenvalue weighted by Crippen LogP contribution is -2.55. The summed E-state index contributed by atoms with van der Waals surface area (Å²) in [5.41, 5.74) is 21.9. The molecular formula is C24H51N5O5. The number of carbonyl (C=O) groups is 2. The molecule has 0 heterocycles. The van der Waals surface area contributed by atoms with Gasteiger partial charge in [0.15, 0.2) is 0 Å². The van der Waals surface area contributed by atoms with Crippen molar-refractivity contribution in [1.82, 2.24) is 4.90 Å². The molecule has 8 N–H and O–H groups in total. The van der Waals surface area contributed by atoms with E-state index in [2.05, 4.69) is 0 Å². The molecule has 0 aromatic rings. The Morgan fingerprint density at radius 2 is 1.18 bits per heavy atom. The third-order valence-corrected chi connectivity index (χ3v) is 5.39. The summed E-state index contributed by atoms with van der Waals surface area (Å²) in [5, 5.41) is 0. The monoisotopic (exact) mass is 489 g/mol. The topological polar surface area (TPSA) is 169 Å². The van der Waals surface area contributed by atoms with Gasteiger partial charge in [-0.15, -0.1) is 0 Å². The van der Waals surface area contributed by atoms with Gasteiger partial charge in [0.2, 0.25) is 0 Å². The highest BCUT2D eigenvalue weighted by molar-refractivity contribution is 5.74. The van der Waals surface area contributed by atoms with E-state index in [1.54, 1.807) is 20.8 Å². The van der Waals surface area contributed by atoms with Crippen molar-refractivity contribution in [2.24, 2.45) is 34.8 Å². The van der Waals surface area contributed by atoms with Crippen molar-refractivity contribution < 1.29 is 23.8 Å². The second-order valence-corrected chi connectivity index (χ2v) is 12.0. The summed E-state index contributed by atoms with van der Waals surface area (Å²) in [6, 6.07) is 0. The zero-order valence-corrected chi connectivity index (χ0v) is 22.9. The minimum absolute atomic E-state index is 0.0345. The van der Waals surface area contributed by atoms with Crippen LogP contribution in [0.5, 0.6) is 0 Å². The van der Waals surface area contributed by atoms with Gasteiger partial charge in [0, 0.05) is 28.7 Å². The second-order valence-electron chi connectivity index (χ2n) is 12.0. The Kier molecular flexibility index (Phi) is 12.6. The first-order valence-corrected chi connectivity index (χ1v) is 11.9. The first-order valence-electron chi connectivity index (χ1n) is 11.9. The smallest absolute Gasteiger partial charge is 0.311 e. The van der Waals surface area contributed by atoms with Crippen molar-refractivity contribution in [3.63, 3.8) is 0 Å². The fraction of sp³-hybridized carbons (Fsp3) is 0.917. The van der Waals surface area contributed by atoms with Gasteiger partial charge < -0.3 is 42.0 Å². The molecule has 0 aliphatic carbocycles. The Bertz CT molecular complexity index is 633. The van der Waals surface area contributed by atoms with E-state index in [9.17, 15) is 9.59 Å². The van der Waals surface area contributed by atoms with Gasteiger partial charge in [-0.05, 0) is 75.4 Å². The van der Waals surface area contributed by atoms with Crippen molar-refractivity contribution in [3.8, 4) is 0 Å². The predicted molar refractivity (Wildman–Crippen MR) is 135 cm³/mol. The molecule has 0 aliphatic rings. The van der Waals surface area contributed by atoms with Crippen LogP contribution < -0.4 is 22.9 Å². The van der Waals surface area contributed by atoms with Crippen molar-refractivity contribution in [2.45, 2.75) is 83.5 Å². The van der Waals surface area contributed by atoms with E-state index in [4.69, 9.17) is 37.1 Å². The Labute approximate surface area is 206 Å². The maximum Gasteiger partial charge on any atom is 0.311 e. The van der Waals surface area contributed by atoms with Crippen LogP contribution in [0.15, 0.2) is 0 Å². The molecule has 0 saturated carbocycles. The van der Waals surface area contributed by atoms with Crippen molar-refractivity contribution >= 4 is 11.9 Å². The highest BCUT2D eigenvalue weighted by atomic mass is 16.6. The molecule has 34 heavy (non-hydrogen) atoms. The molecule has 3 atom stereocenters. The van der Waals surface area contributed by atoms with Gasteiger partial charge >= 0.3 is 11.9 Å². The highest BCUT2D eigenvalue weighted by Gasteiger charge is 2.40. The van der Waals surface area contributed by atoms with E-state index >= 15 is 0 Å². The lowest BCUT2D eigenvalue weighted by Gasteiger charge is -2.36. The Balaban J connectivity index is 4.92. The minimum atomic E-state index is -1.03. The van der Waals surface area contributed by atoms with Crippen LogP contribution in [-0.4, -0.2) is 86.1 Å². The van der Waals surface area contributed by atoms with Crippen LogP contribution in [0.2, 0.25) is 0 Å². The Morgan fingerprint density at radius 1 is 0.735 bits per heavy atom. The van der Waals surface area contributed by atoms with E-state index in [0.717, 1.165) is 0 Å². The lowest BCUT2D eigenvalue weighted by atomic mass is 9.79. The molecule has 0 radical (unpaired) electrons. The second kappa shape index (κ2) is 13.1. The van der Waals surface area contributed by atoms with Crippen molar-refractivity contribution in [1.29, 1.82) is 0 Å². The van der Waals surface area contributed by atoms with Crippen molar-refractivity contribution in [2.75, 3.05) is 47.1 Å². The first kappa shape index (κ1) is 32.7. The summed E-state index contributed by atoms with van der Waals surface area (Å²) in [6.45, 7) is 13.7. The van der Waals surface area contributed by atoms with Crippen LogP contribution in [0.25, 0.3) is 0 Å². The van der Waals surface area contributed by atoms with E-state index in [1.807, 2.05) is 46.7 Å². The molecule has 10 nitrogen and oxygen atoms in total. The van der Waals surface area contributed by atoms with Gasteiger partial charge in [0.25, 0.3) is 0 Å². The van der Waals surface area contributed by atoms with E-state index in [1.165, 1.54) is 0 Å². The molecule has 0 aromatic heterocycles. The van der Waals surface area contributed by atoms with Gasteiger partial charge in [-0.3, -0.25) is 9.59 Å². The molecule has 202 valence electrons. The molecule has 3 unspecified atom stereocenters. The summed E-state index contributed by atoms with van der Waals surface area (Å²) in [7, 11) is 3.80. The summed E-state index contributed by atoms with van der Waals surface area (Å²) in [5.74, 6) is -2.04. The van der Waals surface area contributed by atoms with Gasteiger partial charge in [-0.1, -0.05) is 0 Å². The van der Waals surface area contributed by atoms with Crippen LogP contribution in [-0.2, 0) is 23.8 Å². The molecule has 0 rings (SSSR count). The summed E-state index contributed by atoms with van der Waals surface area (Å²) in [4.78, 5) is 27.3. The van der Waals surface area contributed by atoms with E-state index in [-0.39, 0.29) is 26.4 Å². The molecule has 0 saturated heterocycles. The molecular weight excluding hydrogens is 438 g/mol. The number of hydrogen-bond donors (Lipinski definition) is 4. The number of ether oxygens (including phenoxy) is 3. The normalized spacial score (nSPS) is 16.6. The fourth-order valence-electron chi connectivity index (χ4n) is 3.41. The predicted octanol–water partition coefficient (Wildman–Crippen LogP) is 0.593. The van der Waals surface area contributed by atoms with Crippen LogP contribution in [0.1, 0.15) is 61.3 Å². The van der Waals surface area contributed by atoms with Gasteiger partial charge in [-0.2, -0.15) is 0 Å². The summed E-state index contributed by atoms with van der Waals surface area (Å²) in [6.07, 6.45) is 0.727. The first-order chi connectivity index (χ1) is 15.2. The molecule has 0 fully saturated rings. The number of likely N-dealkylation sites (N-methyl/N-ethyl adjacent to an activating group) is 1. The SMILES string of the molecule is CN(C)CCOC(=O)C(CC(C)(C)N)C(C)(N)COCCOC(=O)C(CC(C)(C)N)C(C)(C)N. The number of hydrogen-bond acceptors (Lipinski definition) is 10. The van der Waals surface area contributed by atoms with Gasteiger partial charge in [-0.25, -0.2) is 0 Å². The van der Waals surface area contributed by atoms with Crippen LogP contribution in [0.3, 0.4) is 0 Å². The molecule has 10 heteroatoms. The van der Waals surface area contributed by atoms with Crippen LogP contribution >= 0.6 is 0 Å². The number of esters is 2. The average molecular weight is 490 g/mol. The van der Waals surface area contributed by atoms with E-state index in [0.29, 0.717) is 19.4 Å². The fourth-order valence-corrected chi connectivity index (χ4v) is 3.41. The minimum Gasteiger partial charge on any atom is -0.464 e. The third-order valence-electron chi connectivity index (χ3n) is 5.39. The lowest BCUT2D eigenvalue weighted by molar-refractivity contribution is -0.154. The maximum absolute atomic E-state index is 12.8. The maximum atomic E-state index is 12.8. The molecule has 0 spiro atoms. The number of rotatable bonds is 16. The number of carbonyl (C=O) groups excluding carboxylic acids is 2. The Hall–Kier alpha value is -1.30.